The van der Waals surface area contributed by atoms with E-state index in [0.717, 1.165) is 5.56 Å². The number of amides is 1. The Morgan fingerprint density at radius 3 is 2.61 bits per heavy atom. The molecular formula is C22H29N3O5S. The quantitative estimate of drug-likeness (QED) is 0.644. The molecule has 2 heterocycles. The summed E-state index contributed by atoms with van der Waals surface area (Å²) in [7, 11) is -3.65. The van der Waals surface area contributed by atoms with Crippen LogP contribution in [-0.2, 0) is 21.4 Å². The monoisotopic (exact) mass is 447 g/mol. The van der Waals surface area contributed by atoms with E-state index in [2.05, 4.69) is 42.3 Å². The van der Waals surface area contributed by atoms with Crippen LogP contribution >= 0.6 is 0 Å². The van der Waals surface area contributed by atoms with Gasteiger partial charge in [0, 0.05) is 25.5 Å². The number of benzene rings is 1. The Hall–Kier alpha value is -2.49. The molecule has 1 aromatic carbocycles. The fraction of sp³-hybridized carbons (Fsp3) is 0.455. The second-order valence-corrected chi connectivity index (χ2v) is 9.91. The van der Waals surface area contributed by atoms with Crippen molar-refractivity contribution in [2.75, 3.05) is 18.8 Å². The van der Waals surface area contributed by atoms with Crippen LogP contribution < -0.4 is 5.32 Å². The number of nitrogens with zero attached hydrogens (tertiary/aromatic N) is 2. The van der Waals surface area contributed by atoms with E-state index in [1.807, 2.05) is 0 Å². The number of sulfonamides is 1. The lowest BCUT2D eigenvalue weighted by molar-refractivity contribution is 0.0102. The zero-order valence-electron chi connectivity index (χ0n) is 17.8. The van der Waals surface area contributed by atoms with Gasteiger partial charge in [0.25, 0.3) is 0 Å². The first-order chi connectivity index (χ1) is 14.7. The van der Waals surface area contributed by atoms with Gasteiger partial charge in [-0.2, -0.15) is 0 Å². The molecule has 31 heavy (non-hydrogen) atoms. The molecule has 0 radical (unpaired) electrons. The highest BCUT2D eigenvalue weighted by Crippen LogP contribution is 2.22. The molecule has 2 aromatic rings. The van der Waals surface area contributed by atoms with Crippen LogP contribution in [0.3, 0.4) is 0 Å². The molecule has 0 saturated carbocycles. The van der Waals surface area contributed by atoms with Gasteiger partial charge in [-0.15, -0.1) is 0 Å². The average molecular weight is 448 g/mol. The molecule has 3 rings (SSSR count). The molecule has 9 heteroatoms. The van der Waals surface area contributed by atoms with E-state index >= 15 is 0 Å². The maximum atomic E-state index is 12.9. The highest BCUT2D eigenvalue weighted by atomic mass is 32.2. The minimum atomic E-state index is -3.65. The smallest absolute Gasteiger partial charge is 0.405 e. The number of pyridine rings is 1. The Morgan fingerprint density at radius 2 is 2.00 bits per heavy atom. The Morgan fingerprint density at radius 1 is 1.26 bits per heavy atom. The van der Waals surface area contributed by atoms with Crippen LogP contribution in [0, 0.1) is 13.8 Å². The normalized spacial score (nSPS) is 16.7. The summed E-state index contributed by atoms with van der Waals surface area (Å²) in [5.74, 6) is -0.348. The molecule has 1 fully saturated rings. The lowest BCUT2D eigenvalue weighted by atomic mass is 10.1. The maximum absolute atomic E-state index is 12.9. The van der Waals surface area contributed by atoms with E-state index in [1.165, 1.54) is 21.6 Å². The van der Waals surface area contributed by atoms with Gasteiger partial charge >= 0.3 is 6.09 Å². The Kier molecular flexibility index (Phi) is 7.64. The standard InChI is InChI=1S/C22H29N3O5S/c1-16-5-6-18(12-17(16)2)14-30-20-7-10-25(11-8-20)31(28,29)15-21(24-22(26)27)19-4-3-9-23-13-19/h3-6,9,12-13,20-21,24H,7-8,10-11,14-15H2,1-2H3,(H,26,27)/t21-/m0/s1. The summed E-state index contributed by atoms with van der Waals surface area (Å²) in [5, 5.41) is 11.4. The first-order valence-corrected chi connectivity index (χ1v) is 11.9. The molecule has 0 spiro atoms. The minimum absolute atomic E-state index is 0.000626. The number of hydrogen-bond donors (Lipinski definition) is 2. The highest BCUT2D eigenvalue weighted by Gasteiger charge is 2.31. The fourth-order valence-electron chi connectivity index (χ4n) is 3.65. The third kappa shape index (κ3) is 6.49. The topological polar surface area (TPSA) is 109 Å². The molecule has 168 valence electrons. The molecule has 1 atom stereocenters. The van der Waals surface area contributed by atoms with E-state index < -0.39 is 22.2 Å². The number of carboxylic acid groups (broad SMARTS) is 1. The molecule has 2 N–H and O–H groups in total. The van der Waals surface area contributed by atoms with E-state index in [-0.39, 0.29) is 11.9 Å². The Labute approximate surface area is 183 Å². The molecule has 8 nitrogen and oxygen atoms in total. The predicted molar refractivity (Wildman–Crippen MR) is 117 cm³/mol. The lowest BCUT2D eigenvalue weighted by Gasteiger charge is -2.32. The molecule has 1 aliphatic rings. The highest BCUT2D eigenvalue weighted by molar-refractivity contribution is 7.89. The molecule has 1 aromatic heterocycles. The zero-order chi connectivity index (χ0) is 22.4. The molecule has 0 unspecified atom stereocenters. The molecule has 0 aliphatic carbocycles. The number of carbonyl (C=O) groups is 1. The van der Waals surface area contributed by atoms with E-state index in [1.54, 1.807) is 18.3 Å². The van der Waals surface area contributed by atoms with Crippen LogP contribution in [0.4, 0.5) is 4.79 Å². The SMILES string of the molecule is Cc1ccc(COC2CCN(S(=O)(=O)C[C@H](NC(=O)O)c3cccnc3)CC2)cc1C. The molecule has 1 amide bonds. The maximum Gasteiger partial charge on any atom is 0.405 e. The Bertz CT molecular complexity index is 989. The summed E-state index contributed by atoms with van der Waals surface area (Å²) in [6.45, 7) is 5.35. The third-order valence-corrected chi connectivity index (χ3v) is 7.52. The molecule has 1 saturated heterocycles. The van der Waals surface area contributed by atoms with Crippen molar-refractivity contribution in [3.05, 3.63) is 65.0 Å². The van der Waals surface area contributed by atoms with Gasteiger partial charge in [0.1, 0.15) is 0 Å². The van der Waals surface area contributed by atoms with Crippen LogP contribution in [0.25, 0.3) is 0 Å². The first kappa shape index (κ1) is 23.2. The summed E-state index contributed by atoms with van der Waals surface area (Å²) < 4.78 is 33.3. The van der Waals surface area contributed by atoms with Crippen molar-refractivity contribution in [1.29, 1.82) is 0 Å². The number of aryl methyl sites for hydroxylation is 2. The first-order valence-electron chi connectivity index (χ1n) is 10.3. The summed E-state index contributed by atoms with van der Waals surface area (Å²) in [6.07, 6.45) is 2.96. The van der Waals surface area contributed by atoms with E-state index in [0.29, 0.717) is 38.1 Å². The van der Waals surface area contributed by atoms with Crippen molar-refractivity contribution < 1.29 is 23.1 Å². The van der Waals surface area contributed by atoms with Gasteiger partial charge in [-0.3, -0.25) is 4.98 Å². The largest absolute Gasteiger partial charge is 0.465 e. The number of rotatable bonds is 8. The van der Waals surface area contributed by atoms with Gasteiger partial charge in [0.15, 0.2) is 0 Å². The fourth-order valence-corrected chi connectivity index (χ4v) is 5.33. The number of aromatic nitrogens is 1. The summed E-state index contributed by atoms with van der Waals surface area (Å²) in [4.78, 5) is 15.1. The second kappa shape index (κ2) is 10.2. The van der Waals surface area contributed by atoms with Gasteiger partial charge in [-0.1, -0.05) is 24.3 Å². The molecule has 0 bridgehead atoms. The van der Waals surface area contributed by atoms with Crippen molar-refractivity contribution in [3.8, 4) is 0 Å². The molecule has 1 aliphatic heterocycles. The second-order valence-electron chi connectivity index (χ2n) is 7.90. The van der Waals surface area contributed by atoms with Crippen molar-refractivity contribution in [3.63, 3.8) is 0 Å². The summed E-state index contributed by atoms with van der Waals surface area (Å²) >= 11 is 0. The summed E-state index contributed by atoms with van der Waals surface area (Å²) in [5.41, 5.74) is 4.08. The van der Waals surface area contributed by atoms with Crippen LogP contribution in [0.15, 0.2) is 42.7 Å². The van der Waals surface area contributed by atoms with Gasteiger partial charge in [0.2, 0.25) is 10.0 Å². The van der Waals surface area contributed by atoms with Crippen molar-refractivity contribution in [1.82, 2.24) is 14.6 Å². The Balaban J connectivity index is 1.55. The van der Waals surface area contributed by atoms with Crippen molar-refractivity contribution in [2.45, 2.75) is 45.4 Å². The van der Waals surface area contributed by atoms with Gasteiger partial charge < -0.3 is 15.2 Å². The lowest BCUT2D eigenvalue weighted by Crippen LogP contribution is -2.44. The van der Waals surface area contributed by atoms with Crippen LogP contribution in [0.5, 0.6) is 0 Å². The number of nitrogens with one attached hydrogen (secondary N) is 1. The van der Waals surface area contributed by atoms with Crippen LogP contribution in [0.2, 0.25) is 0 Å². The van der Waals surface area contributed by atoms with Crippen LogP contribution in [-0.4, -0.2) is 53.9 Å². The predicted octanol–water partition coefficient (Wildman–Crippen LogP) is 3.02. The van der Waals surface area contributed by atoms with Crippen LogP contribution in [0.1, 0.15) is 41.1 Å². The number of hydrogen-bond acceptors (Lipinski definition) is 5. The van der Waals surface area contributed by atoms with Gasteiger partial charge in [-0.25, -0.2) is 17.5 Å². The minimum Gasteiger partial charge on any atom is -0.465 e. The average Bonchev–Trinajstić information content (AvgIpc) is 2.74. The van der Waals surface area contributed by atoms with Gasteiger partial charge in [-0.05, 0) is 55.0 Å². The van der Waals surface area contributed by atoms with Crippen molar-refractivity contribution >= 4 is 16.1 Å². The number of ether oxygens (including phenoxy) is 1. The van der Waals surface area contributed by atoms with Crippen molar-refractivity contribution in [2.24, 2.45) is 0 Å². The number of piperidine rings is 1. The zero-order valence-corrected chi connectivity index (χ0v) is 18.6. The van der Waals surface area contributed by atoms with E-state index in [4.69, 9.17) is 9.84 Å². The third-order valence-electron chi connectivity index (χ3n) is 5.61. The molecular weight excluding hydrogens is 418 g/mol. The van der Waals surface area contributed by atoms with E-state index in [9.17, 15) is 13.2 Å². The summed E-state index contributed by atoms with van der Waals surface area (Å²) in [6, 6.07) is 8.67. The van der Waals surface area contributed by atoms with Gasteiger partial charge in [0.05, 0.1) is 24.5 Å².